The van der Waals surface area contributed by atoms with Crippen LogP contribution < -0.4 is 0 Å². The van der Waals surface area contributed by atoms with Gasteiger partial charge in [-0.05, 0) is 46.8 Å². The Labute approximate surface area is 297 Å². The average molecular weight is 686 g/mol. The first-order valence-corrected chi connectivity index (χ1v) is 16.9. The highest BCUT2D eigenvalue weighted by Gasteiger charge is 2.44. The van der Waals surface area contributed by atoms with Crippen molar-refractivity contribution in [2.75, 3.05) is 52.4 Å². The number of hydrogen-bond acceptors (Lipinski definition) is 4. The zero-order valence-electron chi connectivity index (χ0n) is 27.8. The molecule has 6 nitrogen and oxygen atoms in total. The SMILES string of the molecule is CCN1CCN2C[C@@H](c3ccccc3)c3ccccc3[C@@H]2C1.CCN1C[C@H]2c3ccccc3[C@H](c3ccccc3)CN2C(=O)C1=O.Cl.Cl. The third kappa shape index (κ3) is 6.77. The minimum Gasteiger partial charge on any atom is -0.332 e. The van der Waals surface area contributed by atoms with Gasteiger partial charge in [-0.2, -0.15) is 0 Å². The van der Waals surface area contributed by atoms with Crippen molar-refractivity contribution < 1.29 is 9.59 Å². The van der Waals surface area contributed by atoms with Gasteiger partial charge in [0.25, 0.3) is 0 Å². The van der Waals surface area contributed by atoms with E-state index < -0.39 is 0 Å². The number of piperazine rings is 2. The Morgan fingerprint density at radius 2 is 1.02 bits per heavy atom. The lowest BCUT2D eigenvalue weighted by Gasteiger charge is -2.47. The number of halogens is 2. The number of amides is 2. The molecule has 252 valence electrons. The second-order valence-electron chi connectivity index (χ2n) is 12.9. The Bertz CT molecular complexity index is 1690. The molecule has 4 aromatic carbocycles. The zero-order chi connectivity index (χ0) is 31.6. The largest absolute Gasteiger partial charge is 0.332 e. The van der Waals surface area contributed by atoms with Crippen LogP contribution in [-0.2, 0) is 9.59 Å². The Morgan fingerprint density at radius 1 is 0.521 bits per heavy atom. The van der Waals surface area contributed by atoms with Crippen LogP contribution in [0, 0.1) is 0 Å². The molecule has 0 N–H and O–H groups in total. The molecule has 4 aromatic rings. The quantitative estimate of drug-likeness (QED) is 0.219. The highest BCUT2D eigenvalue weighted by atomic mass is 35.5. The second kappa shape index (κ2) is 15.7. The zero-order valence-corrected chi connectivity index (χ0v) is 29.4. The van der Waals surface area contributed by atoms with Crippen LogP contribution in [0.3, 0.4) is 0 Å². The van der Waals surface area contributed by atoms with Gasteiger partial charge in [0, 0.05) is 63.7 Å². The van der Waals surface area contributed by atoms with E-state index in [1.807, 2.05) is 31.2 Å². The highest BCUT2D eigenvalue weighted by Crippen LogP contribution is 2.42. The average Bonchev–Trinajstić information content (AvgIpc) is 3.13. The standard InChI is InChI=1S/C20H20N2O2.C20H24N2.2ClH/c1-2-21-13-18-16-11-7-6-10-15(16)17(14-8-4-3-5-9-14)12-22(18)20(24)19(21)23;1-2-21-12-13-22-14-19(16-8-4-3-5-9-16)17-10-6-7-11-18(17)20(22)15-21;;/h3-11,17-18H,2,12-13H2,1H3;3-11,19-20H,2,12-15H2,1H3;2*1H/t17-,18-;19-,20-;;/m00../s1. The van der Waals surface area contributed by atoms with Crippen LogP contribution >= 0.6 is 24.8 Å². The first kappa shape index (κ1) is 35.6. The fraction of sp³-hybridized carbons (Fsp3) is 0.350. The summed E-state index contributed by atoms with van der Waals surface area (Å²) in [7, 11) is 0. The van der Waals surface area contributed by atoms with Gasteiger partial charge >= 0.3 is 11.8 Å². The fourth-order valence-electron chi connectivity index (χ4n) is 8.05. The summed E-state index contributed by atoms with van der Waals surface area (Å²) < 4.78 is 0. The molecule has 4 atom stereocenters. The monoisotopic (exact) mass is 684 g/mol. The van der Waals surface area contributed by atoms with Gasteiger partial charge in [-0.25, -0.2) is 0 Å². The second-order valence-corrected chi connectivity index (χ2v) is 12.9. The first-order valence-electron chi connectivity index (χ1n) is 16.9. The van der Waals surface area contributed by atoms with Gasteiger partial charge in [0.05, 0.1) is 6.04 Å². The minimum absolute atomic E-state index is 0. The Hall–Kier alpha value is -3.68. The predicted octanol–water partition coefficient (Wildman–Crippen LogP) is 6.92. The summed E-state index contributed by atoms with van der Waals surface area (Å²) in [5.41, 5.74) is 8.14. The molecule has 4 aliphatic heterocycles. The van der Waals surface area contributed by atoms with E-state index in [0.717, 1.165) is 18.7 Å². The van der Waals surface area contributed by atoms with E-state index in [2.05, 4.69) is 102 Å². The normalized spacial score (nSPS) is 23.2. The third-order valence-electron chi connectivity index (χ3n) is 10.6. The highest BCUT2D eigenvalue weighted by molar-refractivity contribution is 6.35. The molecule has 0 spiro atoms. The van der Waals surface area contributed by atoms with E-state index in [0.29, 0.717) is 31.6 Å². The maximum Gasteiger partial charge on any atom is 0.312 e. The van der Waals surface area contributed by atoms with Gasteiger partial charge in [-0.1, -0.05) is 116 Å². The third-order valence-corrected chi connectivity index (χ3v) is 10.6. The number of benzene rings is 4. The Kier molecular flexibility index (Phi) is 11.6. The number of hydrogen-bond donors (Lipinski definition) is 0. The van der Waals surface area contributed by atoms with Gasteiger partial charge in [0.15, 0.2) is 0 Å². The van der Waals surface area contributed by atoms with Crippen molar-refractivity contribution in [2.24, 2.45) is 0 Å². The van der Waals surface area contributed by atoms with Crippen molar-refractivity contribution in [3.05, 3.63) is 143 Å². The summed E-state index contributed by atoms with van der Waals surface area (Å²) in [5.74, 6) is -0.117. The summed E-state index contributed by atoms with van der Waals surface area (Å²) in [6.07, 6.45) is 0. The van der Waals surface area contributed by atoms with E-state index in [-0.39, 0.29) is 48.6 Å². The minimum atomic E-state index is -0.375. The van der Waals surface area contributed by atoms with Crippen LogP contribution in [0.2, 0.25) is 0 Å². The molecule has 8 rings (SSSR count). The van der Waals surface area contributed by atoms with Crippen molar-refractivity contribution in [3.63, 3.8) is 0 Å². The molecule has 0 bridgehead atoms. The number of nitrogens with zero attached hydrogens (tertiary/aromatic N) is 4. The first-order chi connectivity index (χ1) is 22.6. The summed E-state index contributed by atoms with van der Waals surface area (Å²) in [4.78, 5) is 33.7. The van der Waals surface area contributed by atoms with Gasteiger partial charge < -0.3 is 14.7 Å². The smallest absolute Gasteiger partial charge is 0.312 e. The molecule has 4 heterocycles. The van der Waals surface area contributed by atoms with Crippen molar-refractivity contribution in [3.8, 4) is 0 Å². The topological polar surface area (TPSA) is 47.1 Å². The van der Waals surface area contributed by atoms with E-state index in [4.69, 9.17) is 0 Å². The Morgan fingerprint density at radius 3 is 1.56 bits per heavy atom. The molecule has 0 aliphatic carbocycles. The summed E-state index contributed by atoms with van der Waals surface area (Å²) in [6.45, 7) is 11.8. The van der Waals surface area contributed by atoms with Crippen LogP contribution in [0.15, 0.2) is 109 Å². The molecule has 0 radical (unpaired) electrons. The van der Waals surface area contributed by atoms with Crippen molar-refractivity contribution >= 4 is 36.6 Å². The van der Waals surface area contributed by atoms with Crippen molar-refractivity contribution in [1.29, 1.82) is 0 Å². The maximum atomic E-state index is 12.7. The summed E-state index contributed by atoms with van der Waals surface area (Å²) in [6, 6.07) is 39.2. The lowest BCUT2D eigenvalue weighted by atomic mass is 9.80. The lowest BCUT2D eigenvalue weighted by molar-refractivity contribution is -0.159. The van der Waals surface area contributed by atoms with Crippen molar-refractivity contribution in [2.45, 2.75) is 37.8 Å². The molecule has 0 aromatic heterocycles. The molecular weight excluding hydrogens is 639 g/mol. The van der Waals surface area contributed by atoms with Gasteiger partial charge in [-0.3, -0.25) is 14.5 Å². The van der Waals surface area contributed by atoms with E-state index in [1.165, 1.54) is 41.9 Å². The molecule has 0 unspecified atom stereocenters. The molecular formula is C40H46Cl2N4O2. The fourth-order valence-corrected chi connectivity index (χ4v) is 8.05. The van der Waals surface area contributed by atoms with Crippen molar-refractivity contribution in [1.82, 2.24) is 19.6 Å². The molecule has 8 heteroatoms. The van der Waals surface area contributed by atoms with Gasteiger partial charge in [-0.15, -0.1) is 24.8 Å². The van der Waals surface area contributed by atoms with E-state index >= 15 is 0 Å². The predicted molar refractivity (Wildman–Crippen MR) is 197 cm³/mol. The van der Waals surface area contributed by atoms with Gasteiger partial charge in [0.2, 0.25) is 0 Å². The van der Waals surface area contributed by atoms with Crippen LogP contribution in [0.25, 0.3) is 0 Å². The summed E-state index contributed by atoms with van der Waals surface area (Å²) >= 11 is 0. The van der Waals surface area contributed by atoms with Gasteiger partial charge in [0.1, 0.15) is 0 Å². The molecule has 2 fully saturated rings. The maximum absolute atomic E-state index is 12.7. The number of rotatable bonds is 4. The Balaban J connectivity index is 0.000000181. The number of fused-ring (bicyclic) bond motifs is 6. The molecule has 2 amide bonds. The van der Waals surface area contributed by atoms with Crippen LogP contribution in [0.1, 0.15) is 71.1 Å². The molecule has 48 heavy (non-hydrogen) atoms. The molecule has 4 aliphatic rings. The van der Waals surface area contributed by atoms with Crippen LogP contribution in [-0.4, -0.2) is 83.8 Å². The molecule has 2 saturated heterocycles. The van der Waals surface area contributed by atoms with E-state index in [1.54, 1.807) is 15.4 Å². The van der Waals surface area contributed by atoms with Crippen LogP contribution in [0.4, 0.5) is 0 Å². The number of carbonyl (C=O) groups is 2. The van der Waals surface area contributed by atoms with E-state index in [9.17, 15) is 9.59 Å². The summed E-state index contributed by atoms with van der Waals surface area (Å²) in [5, 5.41) is 0. The number of carbonyl (C=O) groups excluding carboxylic acids is 2. The number of likely N-dealkylation sites (N-methyl/N-ethyl adjacent to an activating group) is 2. The van der Waals surface area contributed by atoms with Crippen LogP contribution in [0.5, 0.6) is 0 Å². The lowest BCUT2D eigenvalue weighted by Crippen LogP contribution is -2.58. The molecule has 0 saturated carbocycles.